The van der Waals surface area contributed by atoms with Crippen molar-refractivity contribution in [3.63, 3.8) is 0 Å². The molecule has 0 aromatic heterocycles. The van der Waals surface area contributed by atoms with Gasteiger partial charge >= 0.3 is 5.97 Å². The molecule has 1 unspecified atom stereocenters. The summed E-state index contributed by atoms with van der Waals surface area (Å²) in [5.41, 5.74) is 3.25. The van der Waals surface area contributed by atoms with Gasteiger partial charge in [-0.05, 0) is 25.0 Å². The third-order valence-electron chi connectivity index (χ3n) is 4.61. The molecule has 4 nitrogen and oxygen atoms in total. The number of allylic oxidation sites excluding steroid dienone is 1. The number of fused-ring (bicyclic) bond motifs is 1. The highest BCUT2D eigenvalue weighted by Gasteiger charge is 2.36. The number of rotatable bonds is 4. The second-order valence-corrected chi connectivity index (χ2v) is 6.15. The molecule has 0 aliphatic carbocycles. The minimum atomic E-state index is -0.188. The molecule has 0 bridgehead atoms. The van der Waals surface area contributed by atoms with Gasteiger partial charge in [0.05, 0.1) is 12.2 Å². The van der Waals surface area contributed by atoms with E-state index in [2.05, 4.69) is 54.1 Å². The number of carbonyl (C=O) groups excluding carboxylic acids is 1. The lowest BCUT2D eigenvalue weighted by molar-refractivity contribution is -0.139. The summed E-state index contributed by atoms with van der Waals surface area (Å²) in [7, 11) is 0. The van der Waals surface area contributed by atoms with Gasteiger partial charge in [0.1, 0.15) is 5.82 Å². The molecule has 2 aliphatic rings. The van der Waals surface area contributed by atoms with Gasteiger partial charge in [-0.1, -0.05) is 37.3 Å². The molecular formula is C19H24N2O2. The standard InChI is InChI=1S/C19H24N2O2/c1-4-23-19(22)17-15(3)14(2)12-20-10-11-21(18(17)20)13-16-8-6-5-7-9-16/h5-9,12,15H,4,10-11,13H2,1-3H3. The van der Waals surface area contributed by atoms with Crippen LogP contribution in [0.15, 0.2) is 53.5 Å². The van der Waals surface area contributed by atoms with E-state index in [0.717, 1.165) is 31.0 Å². The fourth-order valence-corrected chi connectivity index (χ4v) is 3.29. The Bertz CT molecular complexity index is 649. The molecule has 3 rings (SSSR count). The maximum absolute atomic E-state index is 12.5. The maximum atomic E-state index is 12.5. The van der Waals surface area contributed by atoms with E-state index in [0.29, 0.717) is 6.61 Å². The van der Waals surface area contributed by atoms with Gasteiger partial charge in [-0.25, -0.2) is 4.79 Å². The van der Waals surface area contributed by atoms with Crippen LogP contribution in [-0.2, 0) is 16.1 Å². The molecule has 1 aromatic rings. The van der Waals surface area contributed by atoms with Crippen LogP contribution in [0.5, 0.6) is 0 Å². The maximum Gasteiger partial charge on any atom is 0.338 e. The highest BCUT2D eigenvalue weighted by Crippen LogP contribution is 2.36. The van der Waals surface area contributed by atoms with Gasteiger partial charge in [-0.15, -0.1) is 0 Å². The molecule has 1 saturated heterocycles. The van der Waals surface area contributed by atoms with Crippen molar-refractivity contribution >= 4 is 5.97 Å². The summed E-state index contributed by atoms with van der Waals surface area (Å²) in [6.07, 6.45) is 2.17. The van der Waals surface area contributed by atoms with Gasteiger partial charge in [0.2, 0.25) is 0 Å². The Kier molecular flexibility index (Phi) is 4.42. The highest BCUT2D eigenvalue weighted by atomic mass is 16.5. The zero-order valence-corrected chi connectivity index (χ0v) is 14.1. The van der Waals surface area contributed by atoms with Crippen LogP contribution in [0.1, 0.15) is 26.3 Å². The molecule has 1 fully saturated rings. The predicted octanol–water partition coefficient (Wildman–Crippen LogP) is 3.13. The van der Waals surface area contributed by atoms with E-state index >= 15 is 0 Å². The van der Waals surface area contributed by atoms with Gasteiger partial charge in [-0.2, -0.15) is 0 Å². The monoisotopic (exact) mass is 312 g/mol. The Balaban J connectivity index is 1.95. The summed E-state index contributed by atoms with van der Waals surface area (Å²) in [5.74, 6) is 0.925. The second-order valence-electron chi connectivity index (χ2n) is 6.15. The van der Waals surface area contributed by atoms with E-state index in [4.69, 9.17) is 4.74 Å². The van der Waals surface area contributed by atoms with Crippen molar-refractivity contribution in [1.82, 2.24) is 9.80 Å². The van der Waals surface area contributed by atoms with Crippen molar-refractivity contribution in [2.24, 2.45) is 5.92 Å². The zero-order chi connectivity index (χ0) is 16.4. The van der Waals surface area contributed by atoms with Gasteiger partial charge in [0.15, 0.2) is 0 Å². The first-order valence-electron chi connectivity index (χ1n) is 8.27. The molecule has 0 radical (unpaired) electrons. The highest BCUT2D eigenvalue weighted by molar-refractivity contribution is 5.90. The van der Waals surface area contributed by atoms with E-state index in [1.165, 1.54) is 11.1 Å². The van der Waals surface area contributed by atoms with Gasteiger partial charge in [0, 0.05) is 31.8 Å². The quantitative estimate of drug-likeness (QED) is 0.800. The van der Waals surface area contributed by atoms with E-state index in [9.17, 15) is 4.79 Å². The molecular weight excluding hydrogens is 288 g/mol. The van der Waals surface area contributed by atoms with Crippen LogP contribution in [-0.4, -0.2) is 35.5 Å². The smallest absolute Gasteiger partial charge is 0.338 e. The largest absolute Gasteiger partial charge is 0.463 e. The van der Waals surface area contributed by atoms with Crippen LogP contribution in [0.25, 0.3) is 0 Å². The topological polar surface area (TPSA) is 32.8 Å². The minimum Gasteiger partial charge on any atom is -0.463 e. The third kappa shape index (κ3) is 2.98. The number of benzene rings is 1. The van der Waals surface area contributed by atoms with Crippen molar-refractivity contribution in [1.29, 1.82) is 0 Å². The average Bonchev–Trinajstić information content (AvgIpc) is 2.92. The number of carbonyl (C=O) groups is 1. The summed E-state index contributed by atoms with van der Waals surface area (Å²) in [4.78, 5) is 17.0. The summed E-state index contributed by atoms with van der Waals surface area (Å²) in [6, 6.07) is 10.4. The molecule has 23 heavy (non-hydrogen) atoms. The summed E-state index contributed by atoms with van der Waals surface area (Å²) in [5, 5.41) is 0. The number of ether oxygens (including phenoxy) is 1. The van der Waals surface area contributed by atoms with Crippen molar-refractivity contribution in [3.8, 4) is 0 Å². The Morgan fingerprint density at radius 3 is 2.70 bits per heavy atom. The van der Waals surface area contributed by atoms with E-state index in [1.807, 2.05) is 13.0 Å². The first-order valence-corrected chi connectivity index (χ1v) is 8.27. The Labute approximate surface area is 138 Å². The normalized spacial score (nSPS) is 20.5. The third-order valence-corrected chi connectivity index (χ3v) is 4.61. The number of hydrogen-bond acceptors (Lipinski definition) is 4. The molecule has 2 heterocycles. The van der Waals surface area contributed by atoms with Gasteiger partial charge in [-0.3, -0.25) is 0 Å². The summed E-state index contributed by atoms with van der Waals surface area (Å²) < 4.78 is 5.33. The number of esters is 1. The molecule has 1 aromatic carbocycles. The Morgan fingerprint density at radius 2 is 2.00 bits per heavy atom. The van der Waals surface area contributed by atoms with E-state index < -0.39 is 0 Å². The van der Waals surface area contributed by atoms with E-state index in [-0.39, 0.29) is 11.9 Å². The zero-order valence-electron chi connectivity index (χ0n) is 14.1. The lowest BCUT2D eigenvalue weighted by atomic mass is 9.91. The second kappa shape index (κ2) is 6.49. The number of hydrogen-bond donors (Lipinski definition) is 0. The average molecular weight is 312 g/mol. The molecule has 4 heteroatoms. The summed E-state index contributed by atoms with van der Waals surface area (Å²) >= 11 is 0. The molecule has 2 aliphatic heterocycles. The van der Waals surface area contributed by atoms with Crippen LogP contribution < -0.4 is 0 Å². The fraction of sp³-hybridized carbons (Fsp3) is 0.421. The number of nitrogens with zero attached hydrogens (tertiary/aromatic N) is 2. The van der Waals surface area contributed by atoms with E-state index in [1.54, 1.807) is 0 Å². The predicted molar refractivity (Wildman–Crippen MR) is 90.1 cm³/mol. The van der Waals surface area contributed by atoms with Crippen molar-refractivity contribution in [3.05, 3.63) is 59.1 Å². The van der Waals surface area contributed by atoms with Gasteiger partial charge < -0.3 is 14.5 Å². The Morgan fingerprint density at radius 1 is 1.26 bits per heavy atom. The first kappa shape index (κ1) is 15.7. The van der Waals surface area contributed by atoms with Crippen LogP contribution in [0.3, 0.4) is 0 Å². The molecule has 1 atom stereocenters. The lowest BCUT2D eigenvalue weighted by Crippen LogP contribution is -2.31. The van der Waals surface area contributed by atoms with Crippen molar-refractivity contribution in [2.45, 2.75) is 27.3 Å². The Hall–Kier alpha value is -2.23. The molecule has 0 saturated carbocycles. The molecule has 0 spiro atoms. The van der Waals surface area contributed by atoms with Crippen LogP contribution in [0.2, 0.25) is 0 Å². The van der Waals surface area contributed by atoms with Crippen LogP contribution in [0, 0.1) is 5.92 Å². The molecule has 122 valence electrons. The minimum absolute atomic E-state index is 0.0941. The fourth-order valence-electron chi connectivity index (χ4n) is 3.29. The first-order chi connectivity index (χ1) is 11.1. The molecule has 0 N–H and O–H groups in total. The van der Waals surface area contributed by atoms with Crippen LogP contribution >= 0.6 is 0 Å². The lowest BCUT2D eigenvalue weighted by Gasteiger charge is -2.32. The molecule has 0 amide bonds. The van der Waals surface area contributed by atoms with Crippen molar-refractivity contribution in [2.75, 3.05) is 19.7 Å². The SMILES string of the molecule is CCOC(=O)C1=C2N(C=C(C)C1C)CCN2Cc1ccccc1. The summed E-state index contributed by atoms with van der Waals surface area (Å²) in [6.45, 7) is 9.08. The van der Waals surface area contributed by atoms with Crippen LogP contribution in [0.4, 0.5) is 0 Å². The van der Waals surface area contributed by atoms with Crippen molar-refractivity contribution < 1.29 is 9.53 Å². The van der Waals surface area contributed by atoms with Gasteiger partial charge in [0.25, 0.3) is 0 Å².